The summed E-state index contributed by atoms with van der Waals surface area (Å²) in [4.78, 5) is 19.4. The monoisotopic (exact) mass is 342 g/mol. The third kappa shape index (κ3) is 3.90. The third-order valence-electron chi connectivity index (χ3n) is 4.32. The molecule has 3 rings (SSSR count). The highest BCUT2D eigenvalue weighted by atomic mass is 16.5. The van der Waals surface area contributed by atoms with Crippen LogP contribution in [0.5, 0.6) is 0 Å². The molecule has 2 aromatic rings. The fourth-order valence-electron chi connectivity index (χ4n) is 2.97. The van der Waals surface area contributed by atoms with Crippen LogP contribution in [-0.4, -0.2) is 51.9 Å². The predicted octanol–water partition coefficient (Wildman–Crippen LogP) is 2.56. The van der Waals surface area contributed by atoms with E-state index in [1.807, 2.05) is 13.8 Å². The highest BCUT2D eigenvalue weighted by molar-refractivity contribution is 5.91. The second-order valence-electron chi connectivity index (χ2n) is 7.06. The topological polar surface area (TPSA) is 60.2 Å². The predicted molar refractivity (Wildman–Crippen MR) is 96.1 cm³/mol. The molecule has 0 saturated carbocycles. The molecule has 2 heterocycles. The lowest BCUT2D eigenvalue weighted by Crippen LogP contribution is -2.41. The number of nitrogens with zero attached hydrogens (tertiary/aromatic N) is 4. The Kier molecular flexibility index (Phi) is 5.18. The minimum Gasteiger partial charge on any atom is -0.378 e. The fraction of sp³-hybridized carbons (Fsp3) is 0.526. The zero-order valence-electron chi connectivity index (χ0n) is 15.5. The lowest BCUT2D eigenvalue weighted by Gasteiger charge is -2.26. The Hall–Kier alpha value is -2.21. The summed E-state index contributed by atoms with van der Waals surface area (Å²) in [6.07, 6.45) is 0.751. The van der Waals surface area contributed by atoms with E-state index in [1.165, 1.54) is 0 Å². The van der Waals surface area contributed by atoms with Gasteiger partial charge in [0.2, 0.25) is 5.82 Å². The van der Waals surface area contributed by atoms with Gasteiger partial charge in [0.25, 0.3) is 5.91 Å². The van der Waals surface area contributed by atoms with Crippen molar-refractivity contribution in [2.45, 2.75) is 34.1 Å². The Balaban J connectivity index is 2.04. The fourth-order valence-corrected chi connectivity index (χ4v) is 2.97. The van der Waals surface area contributed by atoms with Crippen molar-refractivity contribution in [1.29, 1.82) is 0 Å². The summed E-state index contributed by atoms with van der Waals surface area (Å²) in [5.74, 6) is 1.46. The van der Waals surface area contributed by atoms with Crippen LogP contribution in [0.4, 0.5) is 0 Å². The number of ether oxygens (including phenoxy) is 1. The van der Waals surface area contributed by atoms with Crippen molar-refractivity contribution in [1.82, 2.24) is 19.7 Å². The molecule has 0 aliphatic carbocycles. The summed E-state index contributed by atoms with van der Waals surface area (Å²) in [5.41, 5.74) is 3.12. The molecule has 0 atom stereocenters. The summed E-state index contributed by atoms with van der Waals surface area (Å²) < 4.78 is 7.08. The van der Waals surface area contributed by atoms with Gasteiger partial charge in [0.1, 0.15) is 0 Å². The van der Waals surface area contributed by atoms with Gasteiger partial charge in [-0.15, -0.1) is 0 Å². The van der Waals surface area contributed by atoms with Gasteiger partial charge in [-0.3, -0.25) is 4.79 Å². The zero-order valence-corrected chi connectivity index (χ0v) is 15.5. The number of aryl methyl sites for hydroxylation is 2. The van der Waals surface area contributed by atoms with E-state index in [4.69, 9.17) is 4.74 Å². The van der Waals surface area contributed by atoms with E-state index in [1.54, 1.807) is 9.58 Å². The summed E-state index contributed by atoms with van der Waals surface area (Å²) in [5, 5.41) is 4.67. The van der Waals surface area contributed by atoms with E-state index in [9.17, 15) is 4.79 Å². The Morgan fingerprint density at radius 1 is 1.24 bits per heavy atom. The molecule has 6 nitrogen and oxygen atoms in total. The number of benzene rings is 1. The standard InChI is InChI=1S/C19H26N4O2/c1-13(2)11-17-20-18(19(24)22-7-9-25-10-8-22)23(21-17)16-12-14(3)5-6-15(16)4/h5-6,12-13H,7-11H2,1-4H3. The van der Waals surface area contributed by atoms with Crippen LogP contribution in [0.3, 0.4) is 0 Å². The number of amides is 1. The quantitative estimate of drug-likeness (QED) is 0.857. The van der Waals surface area contributed by atoms with Gasteiger partial charge in [-0.25, -0.2) is 9.67 Å². The zero-order chi connectivity index (χ0) is 18.0. The minimum atomic E-state index is -0.0771. The highest BCUT2D eigenvalue weighted by Gasteiger charge is 2.26. The first-order valence-electron chi connectivity index (χ1n) is 8.86. The number of carbonyl (C=O) groups excluding carboxylic acids is 1. The molecule has 1 saturated heterocycles. The first-order chi connectivity index (χ1) is 12.0. The molecule has 1 aromatic heterocycles. The number of carbonyl (C=O) groups is 1. The second-order valence-corrected chi connectivity index (χ2v) is 7.06. The first-order valence-corrected chi connectivity index (χ1v) is 8.86. The second kappa shape index (κ2) is 7.35. The first kappa shape index (κ1) is 17.6. The van der Waals surface area contributed by atoms with Crippen molar-refractivity contribution in [3.8, 4) is 5.69 Å². The molecular formula is C19H26N4O2. The molecule has 134 valence electrons. The van der Waals surface area contributed by atoms with Gasteiger partial charge in [0.05, 0.1) is 18.9 Å². The molecule has 1 aromatic carbocycles. The number of hydrogen-bond donors (Lipinski definition) is 0. The molecule has 1 amide bonds. The van der Waals surface area contributed by atoms with E-state index in [2.05, 4.69) is 42.1 Å². The van der Waals surface area contributed by atoms with Gasteiger partial charge in [0.15, 0.2) is 5.82 Å². The van der Waals surface area contributed by atoms with E-state index in [0.29, 0.717) is 43.9 Å². The van der Waals surface area contributed by atoms with Crippen LogP contribution >= 0.6 is 0 Å². The van der Waals surface area contributed by atoms with Crippen LogP contribution in [0.2, 0.25) is 0 Å². The Labute approximate surface area is 148 Å². The van der Waals surface area contributed by atoms with Crippen molar-refractivity contribution in [2.75, 3.05) is 26.3 Å². The molecule has 6 heteroatoms. The van der Waals surface area contributed by atoms with Crippen molar-refractivity contribution < 1.29 is 9.53 Å². The Morgan fingerprint density at radius 2 is 1.96 bits per heavy atom. The maximum absolute atomic E-state index is 13.0. The van der Waals surface area contributed by atoms with E-state index < -0.39 is 0 Å². The maximum Gasteiger partial charge on any atom is 0.291 e. The minimum absolute atomic E-state index is 0.0771. The van der Waals surface area contributed by atoms with Crippen molar-refractivity contribution in [3.05, 3.63) is 41.0 Å². The molecule has 25 heavy (non-hydrogen) atoms. The molecule has 0 spiro atoms. The van der Waals surface area contributed by atoms with E-state index in [-0.39, 0.29) is 5.91 Å². The summed E-state index contributed by atoms with van der Waals surface area (Å²) in [6.45, 7) is 10.7. The van der Waals surface area contributed by atoms with E-state index in [0.717, 1.165) is 23.2 Å². The molecule has 0 N–H and O–H groups in total. The van der Waals surface area contributed by atoms with Crippen LogP contribution in [0.25, 0.3) is 5.69 Å². The molecule has 1 aliphatic rings. The van der Waals surface area contributed by atoms with E-state index >= 15 is 0 Å². The number of morpholine rings is 1. The number of hydrogen-bond acceptors (Lipinski definition) is 4. The van der Waals surface area contributed by atoms with Crippen LogP contribution in [0.15, 0.2) is 18.2 Å². The number of rotatable bonds is 4. The Bertz CT molecular complexity index is 761. The van der Waals surface area contributed by atoms with Crippen LogP contribution in [-0.2, 0) is 11.2 Å². The van der Waals surface area contributed by atoms with Gasteiger partial charge >= 0.3 is 0 Å². The lowest BCUT2D eigenvalue weighted by molar-refractivity contribution is 0.0293. The third-order valence-corrected chi connectivity index (χ3v) is 4.32. The molecule has 0 bridgehead atoms. The molecule has 1 aliphatic heterocycles. The number of aromatic nitrogens is 3. The summed E-state index contributed by atoms with van der Waals surface area (Å²) in [6, 6.07) is 6.17. The molecule has 1 fully saturated rings. The van der Waals surface area contributed by atoms with Gasteiger partial charge in [-0.2, -0.15) is 5.10 Å². The lowest BCUT2D eigenvalue weighted by atomic mass is 10.1. The Morgan fingerprint density at radius 3 is 2.64 bits per heavy atom. The largest absolute Gasteiger partial charge is 0.378 e. The molecule has 0 unspecified atom stereocenters. The highest BCUT2D eigenvalue weighted by Crippen LogP contribution is 2.19. The van der Waals surface area contributed by atoms with Crippen LogP contribution < -0.4 is 0 Å². The van der Waals surface area contributed by atoms with Crippen molar-refractivity contribution in [3.63, 3.8) is 0 Å². The smallest absolute Gasteiger partial charge is 0.291 e. The van der Waals surface area contributed by atoms with Crippen molar-refractivity contribution >= 4 is 5.91 Å². The average Bonchev–Trinajstić information content (AvgIpc) is 3.00. The average molecular weight is 342 g/mol. The normalized spacial score (nSPS) is 15.0. The van der Waals surface area contributed by atoms with Gasteiger partial charge in [-0.05, 0) is 37.0 Å². The van der Waals surface area contributed by atoms with Crippen molar-refractivity contribution in [2.24, 2.45) is 5.92 Å². The SMILES string of the molecule is Cc1ccc(C)c(-n2nc(CC(C)C)nc2C(=O)N2CCOCC2)c1. The van der Waals surface area contributed by atoms with Gasteiger partial charge in [0, 0.05) is 19.5 Å². The summed E-state index contributed by atoms with van der Waals surface area (Å²) in [7, 11) is 0. The summed E-state index contributed by atoms with van der Waals surface area (Å²) >= 11 is 0. The maximum atomic E-state index is 13.0. The molecule has 0 radical (unpaired) electrons. The molecular weight excluding hydrogens is 316 g/mol. The van der Waals surface area contributed by atoms with Gasteiger partial charge < -0.3 is 9.64 Å². The van der Waals surface area contributed by atoms with Crippen LogP contribution in [0, 0.1) is 19.8 Å². The van der Waals surface area contributed by atoms with Crippen LogP contribution in [0.1, 0.15) is 41.4 Å². The van der Waals surface area contributed by atoms with Gasteiger partial charge in [-0.1, -0.05) is 26.0 Å².